The number of pyridine rings is 1. The van der Waals surface area contributed by atoms with Crippen molar-refractivity contribution in [3.05, 3.63) is 58.4 Å². The Morgan fingerprint density at radius 2 is 1.86 bits per heavy atom. The SMILES string of the molecule is Cc1cc(Cc2cc(C#N)cc[n+]2N)cc(C)c1S(=O)(=O)O. The molecule has 0 bridgehead atoms. The summed E-state index contributed by atoms with van der Waals surface area (Å²) in [6, 6.07) is 8.72. The first-order valence-electron chi connectivity index (χ1n) is 6.49. The molecule has 0 atom stereocenters. The Labute approximate surface area is 129 Å². The Bertz CT molecular complexity index is 860. The van der Waals surface area contributed by atoms with E-state index in [0.717, 1.165) is 11.3 Å². The van der Waals surface area contributed by atoms with Crippen molar-refractivity contribution < 1.29 is 17.6 Å². The van der Waals surface area contributed by atoms with Crippen LogP contribution in [0.3, 0.4) is 0 Å². The number of hydrogen-bond acceptors (Lipinski definition) is 4. The van der Waals surface area contributed by atoms with Crippen LogP contribution in [0.15, 0.2) is 35.4 Å². The highest BCUT2D eigenvalue weighted by atomic mass is 32.2. The average Bonchev–Trinajstić information content (AvgIpc) is 2.38. The van der Waals surface area contributed by atoms with Crippen LogP contribution < -0.4 is 10.5 Å². The molecule has 0 spiro atoms. The zero-order valence-corrected chi connectivity index (χ0v) is 13.1. The predicted molar refractivity (Wildman–Crippen MR) is 80.0 cm³/mol. The second kappa shape index (κ2) is 5.75. The molecule has 1 aromatic carbocycles. The van der Waals surface area contributed by atoms with Gasteiger partial charge in [0.05, 0.1) is 22.9 Å². The molecule has 0 saturated carbocycles. The molecule has 0 fully saturated rings. The van der Waals surface area contributed by atoms with Gasteiger partial charge in [-0.3, -0.25) is 4.55 Å². The number of rotatable bonds is 3. The molecule has 3 N–H and O–H groups in total. The average molecular weight is 318 g/mol. The van der Waals surface area contributed by atoms with Gasteiger partial charge in [0.2, 0.25) is 11.9 Å². The number of nitriles is 1. The van der Waals surface area contributed by atoms with Crippen LogP contribution in [0, 0.1) is 25.2 Å². The molecule has 0 radical (unpaired) electrons. The molecular weight excluding hydrogens is 302 g/mol. The smallest absolute Gasteiger partial charge is 0.282 e. The summed E-state index contributed by atoms with van der Waals surface area (Å²) in [5, 5.41) is 8.94. The highest BCUT2D eigenvalue weighted by Crippen LogP contribution is 2.22. The van der Waals surface area contributed by atoms with Gasteiger partial charge in [-0.1, -0.05) is 16.8 Å². The Balaban J connectivity index is 2.47. The van der Waals surface area contributed by atoms with E-state index in [1.807, 2.05) is 0 Å². The van der Waals surface area contributed by atoms with Gasteiger partial charge in [-0.2, -0.15) is 13.7 Å². The Hall–Kier alpha value is -2.43. The summed E-state index contributed by atoms with van der Waals surface area (Å²) in [5.74, 6) is 5.84. The summed E-state index contributed by atoms with van der Waals surface area (Å²) in [7, 11) is -4.25. The highest BCUT2D eigenvalue weighted by Gasteiger charge is 2.18. The van der Waals surface area contributed by atoms with Gasteiger partial charge < -0.3 is 0 Å². The molecule has 0 saturated heterocycles. The summed E-state index contributed by atoms with van der Waals surface area (Å²) in [6.45, 7) is 3.25. The van der Waals surface area contributed by atoms with E-state index in [2.05, 4.69) is 6.07 Å². The summed E-state index contributed by atoms with van der Waals surface area (Å²) < 4.78 is 33.4. The lowest BCUT2D eigenvalue weighted by atomic mass is 10.0. The third kappa shape index (κ3) is 3.24. The predicted octanol–water partition coefficient (Wildman–Crippen LogP) is 1.01. The molecule has 0 aliphatic carbocycles. The molecule has 0 amide bonds. The van der Waals surface area contributed by atoms with Gasteiger partial charge in [0.15, 0.2) is 0 Å². The summed E-state index contributed by atoms with van der Waals surface area (Å²) in [4.78, 5) is -0.0670. The van der Waals surface area contributed by atoms with E-state index in [1.54, 1.807) is 44.3 Å². The van der Waals surface area contributed by atoms with E-state index in [1.165, 1.54) is 4.68 Å². The van der Waals surface area contributed by atoms with E-state index < -0.39 is 10.1 Å². The normalized spacial score (nSPS) is 11.2. The van der Waals surface area contributed by atoms with Crippen molar-refractivity contribution in [1.29, 1.82) is 5.26 Å². The minimum Gasteiger partial charge on any atom is -0.282 e. The fourth-order valence-electron chi connectivity index (χ4n) is 2.53. The second-order valence-electron chi connectivity index (χ2n) is 5.14. The maximum atomic E-state index is 11.4. The Morgan fingerprint density at radius 1 is 1.27 bits per heavy atom. The van der Waals surface area contributed by atoms with E-state index in [4.69, 9.17) is 11.1 Å². The molecule has 6 nitrogen and oxygen atoms in total. The van der Waals surface area contributed by atoms with E-state index in [0.29, 0.717) is 23.1 Å². The van der Waals surface area contributed by atoms with Gasteiger partial charge in [0, 0.05) is 12.1 Å². The molecule has 114 valence electrons. The van der Waals surface area contributed by atoms with Crippen molar-refractivity contribution in [3.63, 3.8) is 0 Å². The third-order valence-corrected chi connectivity index (χ3v) is 4.52. The van der Waals surface area contributed by atoms with Crippen LogP contribution in [0.1, 0.15) is 27.9 Å². The van der Waals surface area contributed by atoms with Crippen LogP contribution in [-0.2, 0) is 16.5 Å². The van der Waals surface area contributed by atoms with Crippen LogP contribution in [0.5, 0.6) is 0 Å². The van der Waals surface area contributed by atoms with E-state index in [9.17, 15) is 13.0 Å². The highest BCUT2D eigenvalue weighted by molar-refractivity contribution is 7.86. The quantitative estimate of drug-likeness (QED) is 0.499. The maximum Gasteiger partial charge on any atom is 0.295 e. The fraction of sp³-hybridized carbons (Fsp3) is 0.200. The topological polar surface area (TPSA) is 108 Å². The molecule has 1 aromatic heterocycles. The fourth-order valence-corrected chi connectivity index (χ4v) is 3.46. The van der Waals surface area contributed by atoms with Crippen molar-refractivity contribution in [2.45, 2.75) is 25.2 Å². The van der Waals surface area contributed by atoms with Gasteiger partial charge in [-0.05, 0) is 30.5 Å². The monoisotopic (exact) mass is 318 g/mol. The molecule has 22 heavy (non-hydrogen) atoms. The summed E-state index contributed by atoms with van der Waals surface area (Å²) >= 11 is 0. The first-order valence-corrected chi connectivity index (χ1v) is 7.93. The molecule has 2 aromatic rings. The van der Waals surface area contributed by atoms with Gasteiger partial charge in [-0.15, -0.1) is 0 Å². The lowest BCUT2D eigenvalue weighted by Gasteiger charge is -2.09. The van der Waals surface area contributed by atoms with Gasteiger partial charge >= 0.3 is 0 Å². The van der Waals surface area contributed by atoms with Crippen molar-refractivity contribution in [3.8, 4) is 6.07 Å². The number of nitrogens with zero attached hydrogens (tertiary/aromatic N) is 2. The second-order valence-corrected chi connectivity index (χ2v) is 6.49. The number of aryl methyl sites for hydroxylation is 2. The maximum absolute atomic E-state index is 11.4. The molecule has 0 aliphatic rings. The van der Waals surface area contributed by atoms with E-state index >= 15 is 0 Å². The van der Waals surface area contributed by atoms with Crippen molar-refractivity contribution in [1.82, 2.24) is 0 Å². The van der Waals surface area contributed by atoms with Crippen LogP contribution in [0.4, 0.5) is 0 Å². The molecule has 7 heteroatoms. The molecule has 1 heterocycles. The van der Waals surface area contributed by atoms with Gasteiger partial charge in [0.1, 0.15) is 0 Å². The van der Waals surface area contributed by atoms with Gasteiger partial charge in [-0.25, -0.2) is 5.84 Å². The summed E-state index contributed by atoms with van der Waals surface area (Å²) in [5.41, 5.74) is 3.00. The number of nitrogen functional groups attached to an aromatic ring is 1. The molecule has 0 aliphatic heterocycles. The zero-order chi connectivity index (χ0) is 16.5. The lowest BCUT2D eigenvalue weighted by molar-refractivity contribution is -0.646. The first-order chi connectivity index (χ1) is 10.2. The first kappa shape index (κ1) is 15.9. The number of aromatic nitrogens is 1. The van der Waals surface area contributed by atoms with Gasteiger partial charge in [0.25, 0.3) is 10.1 Å². The minimum absolute atomic E-state index is 0.0670. The standard InChI is InChI=1S/C15H15N3O3S/c1-10-5-13(6-11(2)15(10)22(19,20)21)8-14-7-12(9-16)3-4-18(14)17/h3-7H,8,17H2,1-2H3/p+1. The van der Waals surface area contributed by atoms with Crippen LogP contribution >= 0.6 is 0 Å². The van der Waals surface area contributed by atoms with Crippen LogP contribution in [0.25, 0.3) is 0 Å². The minimum atomic E-state index is -4.25. The van der Waals surface area contributed by atoms with Crippen molar-refractivity contribution in [2.75, 3.05) is 5.84 Å². The lowest BCUT2D eigenvalue weighted by Crippen LogP contribution is -2.48. The number of hydrogen-bond donors (Lipinski definition) is 2. The van der Waals surface area contributed by atoms with E-state index in [-0.39, 0.29) is 4.90 Å². The number of benzene rings is 1. The van der Waals surface area contributed by atoms with Crippen LogP contribution in [-0.4, -0.2) is 13.0 Å². The van der Waals surface area contributed by atoms with Crippen LogP contribution in [0.2, 0.25) is 0 Å². The summed E-state index contributed by atoms with van der Waals surface area (Å²) in [6.07, 6.45) is 2.04. The van der Waals surface area contributed by atoms with Crippen molar-refractivity contribution >= 4 is 10.1 Å². The zero-order valence-electron chi connectivity index (χ0n) is 12.2. The largest absolute Gasteiger partial charge is 0.295 e. The third-order valence-electron chi connectivity index (χ3n) is 3.36. The molecular formula is C15H16N3O3S+. The molecule has 0 unspecified atom stereocenters. The Kier molecular flexibility index (Phi) is 4.17. The number of nitrogens with two attached hydrogens (primary N) is 1. The Morgan fingerprint density at radius 3 is 2.36 bits per heavy atom. The van der Waals surface area contributed by atoms with Crippen molar-refractivity contribution in [2.24, 2.45) is 0 Å². The molecule has 2 rings (SSSR count).